The highest BCUT2D eigenvalue weighted by Crippen LogP contribution is 2.41. The second kappa shape index (κ2) is 6.18. The van der Waals surface area contributed by atoms with Gasteiger partial charge in [0.2, 0.25) is 0 Å². The first kappa shape index (κ1) is 15.7. The standard InChI is InChI=1S/C16H31NO/c1-6-17-13(14(18)15(2,3)4)9-12-16(5)10-7-8-11-16/h13,17H,6-12H2,1-5H3. The number of Topliss-reactive ketones (excluding diaryl/α,β-unsaturated/α-hetero) is 1. The Labute approximate surface area is 113 Å². The third-order valence-corrected chi connectivity index (χ3v) is 4.35. The Balaban J connectivity index is 2.55. The normalized spacial score (nSPS) is 20.9. The molecule has 106 valence electrons. The number of likely N-dealkylation sites (N-methyl/N-ethyl adjacent to an activating group) is 1. The Morgan fingerprint density at radius 1 is 1.28 bits per heavy atom. The van der Waals surface area contributed by atoms with E-state index in [1.54, 1.807) is 0 Å². The lowest BCUT2D eigenvalue weighted by atomic mass is 9.79. The molecule has 0 aromatic carbocycles. The van der Waals surface area contributed by atoms with Crippen molar-refractivity contribution in [3.63, 3.8) is 0 Å². The Hall–Kier alpha value is -0.370. The van der Waals surface area contributed by atoms with E-state index < -0.39 is 0 Å². The van der Waals surface area contributed by atoms with Gasteiger partial charge in [0.05, 0.1) is 6.04 Å². The van der Waals surface area contributed by atoms with Crippen LogP contribution in [0.4, 0.5) is 0 Å². The molecule has 1 fully saturated rings. The van der Waals surface area contributed by atoms with E-state index >= 15 is 0 Å². The lowest BCUT2D eigenvalue weighted by molar-refractivity contribution is -0.128. The van der Waals surface area contributed by atoms with Crippen LogP contribution in [0.3, 0.4) is 0 Å². The zero-order chi connectivity index (χ0) is 13.8. The molecule has 1 rings (SSSR count). The fraction of sp³-hybridized carbons (Fsp3) is 0.938. The number of nitrogens with one attached hydrogen (secondary N) is 1. The second-order valence-electron chi connectivity index (χ2n) is 7.28. The van der Waals surface area contributed by atoms with Crippen LogP contribution in [0.5, 0.6) is 0 Å². The van der Waals surface area contributed by atoms with Crippen molar-refractivity contribution in [2.75, 3.05) is 6.54 Å². The molecule has 0 amide bonds. The molecule has 0 bridgehead atoms. The third kappa shape index (κ3) is 4.38. The van der Waals surface area contributed by atoms with Crippen molar-refractivity contribution in [1.82, 2.24) is 5.32 Å². The van der Waals surface area contributed by atoms with E-state index in [1.165, 1.54) is 32.1 Å². The molecule has 0 spiro atoms. The Bertz CT molecular complexity index is 271. The number of carbonyl (C=O) groups is 1. The minimum atomic E-state index is -0.233. The summed E-state index contributed by atoms with van der Waals surface area (Å²) in [6.45, 7) is 11.4. The average molecular weight is 253 g/mol. The van der Waals surface area contributed by atoms with Crippen LogP contribution in [0.2, 0.25) is 0 Å². The van der Waals surface area contributed by atoms with Gasteiger partial charge in [0.25, 0.3) is 0 Å². The van der Waals surface area contributed by atoms with Crippen LogP contribution in [0, 0.1) is 10.8 Å². The first-order valence-electron chi connectivity index (χ1n) is 7.56. The van der Waals surface area contributed by atoms with Gasteiger partial charge in [-0.15, -0.1) is 0 Å². The van der Waals surface area contributed by atoms with Crippen molar-refractivity contribution in [2.45, 2.75) is 79.2 Å². The summed E-state index contributed by atoms with van der Waals surface area (Å²) >= 11 is 0. The summed E-state index contributed by atoms with van der Waals surface area (Å²) in [7, 11) is 0. The van der Waals surface area contributed by atoms with E-state index in [-0.39, 0.29) is 11.5 Å². The van der Waals surface area contributed by atoms with E-state index in [0.717, 1.165) is 13.0 Å². The molecule has 0 radical (unpaired) electrons. The molecule has 0 aromatic rings. The van der Waals surface area contributed by atoms with Gasteiger partial charge in [-0.25, -0.2) is 0 Å². The van der Waals surface area contributed by atoms with Crippen LogP contribution in [0.1, 0.15) is 73.1 Å². The number of rotatable bonds is 6. The predicted octanol–water partition coefficient (Wildman–Crippen LogP) is 3.94. The van der Waals surface area contributed by atoms with Gasteiger partial charge in [0, 0.05) is 5.41 Å². The highest BCUT2D eigenvalue weighted by molar-refractivity contribution is 5.88. The highest BCUT2D eigenvalue weighted by Gasteiger charge is 2.33. The molecule has 0 saturated heterocycles. The van der Waals surface area contributed by atoms with Crippen molar-refractivity contribution in [2.24, 2.45) is 10.8 Å². The molecular formula is C16H31NO. The molecule has 18 heavy (non-hydrogen) atoms. The summed E-state index contributed by atoms with van der Waals surface area (Å²) in [6.07, 6.45) is 7.61. The van der Waals surface area contributed by atoms with Crippen LogP contribution in [0.15, 0.2) is 0 Å². The van der Waals surface area contributed by atoms with Crippen molar-refractivity contribution in [3.05, 3.63) is 0 Å². The predicted molar refractivity (Wildman–Crippen MR) is 77.7 cm³/mol. The molecule has 0 heterocycles. The number of hydrogen-bond acceptors (Lipinski definition) is 2. The number of carbonyl (C=O) groups excluding carboxylic acids is 1. The summed E-state index contributed by atoms with van der Waals surface area (Å²) < 4.78 is 0. The fourth-order valence-corrected chi connectivity index (χ4v) is 3.07. The van der Waals surface area contributed by atoms with Crippen molar-refractivity contribution in [1.29, 1.82) is 0 Å². The van der Waals surface area contributed by atoms with Crippen LogP contribution < -0.4 is 5.32 Å². The summed E-state index contributed by atoms with van der Waals surface area (Å²) in [4.78, 5) is 12.4. The van der Waals surface area contributed by atoms with Gasteiger partial charge in [0.15, 0.2) is 5.78 Å². The molecule has 1 aliphatic carbocycles. The SMILES string of the molecule is CCNC(CCC1(C)CCCC1)C(=O)C(C)(C)C. The molecule has 1 N–H and O–H groups in total. The summed E-state index contributed by atoms with van der Waals surface area (Å²) in [5, 5.41) is 3.38. The van der Waals surface area contributed by atoms with Gasteiger partial charge in [-0.2, -0.15) is 0 Å². The molecule has 1 saturated carbocycles. The van der Waals surface area contributed by atoms with E-state index in [1.807, 2.05) is 20.8 Å². The molecular weight excluding hydrogens is 222 g/mol. The molecule has 2 heteroatoms. The van der Waals surface area contributed by atoms with Crippen LogP contribution in [-0.4, -0.2) is 18.4 Å². The van der Waals surface area contributed by atoms with Crippen molar-refractivity contribution >= 4 is 5.78 Å². The molecule has 0 aliphatic heterocycles. The van der Waals surface area contributed by atoms with Crippen LogP contribution in [0.25, 0.3) is 0 Å². The molecule has 1 atom stereocenters. The summed E-state index contributed by atoms with van der Waals surface area (Å²) in [5.74, 6) is 0.367. The van der Waals surface area contributed by atoms with Gasteiger partial charge >= 0.3 is 0 Å². The quantitative estimate of drug-likeness (QED) is 0.777. The molecule has 1 aliphatic rings. The first-order valence-corrected chi connectivity index (χ1v) is 7.56. The zero-order valence-corrected chi connectivity index (χ0v) is 12.9. The maximum absolute atomic E-state index is 12.4. The lowest BCUT2D eigenvalue weighted by Crippen LogP contribution is -2.43. The monoisotopic (exact) mass is 253 g/mol. The Morgan fingerprint density at radius 3 is 2.28 bits per heavy atom. The van der Waals surface area contributed by atoms with Crippen molar-refractivity contribution < 1.29 is 4.79 Å². The topological polar surface area (TPSA) is 29.1 Å². The van der Waals surface area contributed by atoms with Gasteiger partial charge in [-0.3, -0.25) is 4.79 Å². The van der Waals surface area contributed by atoms with Crippen LogP contribution >= 0.6 is 0 Å². The Morgan fingerprint density at radius 2 is 1.83 bits per heavy atom. The van der Waals surface area contributed by atoms with E-state index in [4.69, 9.17) is 0 Å². The lowest BCUT2D eigenvalue weighted by Gasteiger charge is -2.29. The van der Waals surface area contributed by atoms with E-state index in [0.29, 0.717) is 11.2 Å². The fourth-order valence-electron chi connectivity index (χ4n) is 3.07. The molecule has 0 aromatic heterocycles. The summed E-state index contributed by atoms with van der Waals surface area (Å²) in [6, 6.07) is 0.0485. The van der Waals surface area contributed by atoms with Crippen LogP contribution in [-0.2, 0) is 4.79 Å². The van der Waals surface area contributed by atoms with E-state index in [2.05, 4.69) is 19.2 Å². The summed E-state index contributed by atoms with van der Waals surface area (Å²) in [5.41, 5.74) is 0.259. The van der Waals surface area contributed by atoms with Crippen molar-refractivity contribution in [3.8, 4) is 0 Å². The maximum Gasteiger partial charge on any atom is 0.155 e. The highest BCUT2D eigenvalue weighted by atomic mass is 16.1. The minimum Gasteiger partial charge on any atom is -0.308 e. The first-order chi connectivity index (χ1) is 8.28. The van der Waals surface area contributed by atoms with Gasteiger partial charge < -0.3 is 5.32 Å². The minimum absolute atomic E-state index is 0.0485. The second-order valence-corrected chi connectivity index (χ2v) is 7.28. The van der Waals surface area contributed by atoms with E-state index in [9.17, 15) is 4.79 Å². The van der Waals surface area contributed by atoms with Gasteiger partial charge in [-0.05, 0) is 37.6 Å². The Kier molecular flexibility index (Phi) is 5.39. The average Bonchev–Trinajstić information content (AvgIpc) is 2.70. The zero-order valence-electron chi connectivity index (χ0n) is 12.9. The number of hydrogen-bond donors (Lipinski definition) is 1. The third-order valence-electron chi connectivity index (χ3n) is 4.35. The molecule has 2 nitrogen and oxygen atoms in total. The van der Waals surface area contributed by atoms with Gasteiger partial charge in [-0.1, -0.05) is 47.5 Å². The number of ketones is 1. The smallest absolute Gasteiger partial charge is 0.155 e. The maximum atomic E-state index is 12.4. The van der Waals surface area contributed by atoms with Gasteiger partial charge in [0.1, 0.15) is 0 Å². The largest absolute Gasteiger partial charge is 0.308 e. The molecule has 1 unspecified atom stereocenters.